The van der Waals surface area contributed by atoms with E-state index in [0.717, 1.165) is 33.6 Å². The molecular weight excluding hydrogens is 426 g/mol. The molecule has 1 aliphatic rings. The molecule has 0 aromatic heterocycles. The van der Waals surface area contributed by atoms with E-state index in [1.54, 1.807) is 29.2 Å². The van der Waals surface area contributed by atoms with Crippen LogP contribution in [0.4, 0.5) is 17.1 Å². The number of benzene rings is 3. The van der Waals surface area contributed by atoms with Gasteiger partial charge >= 0.3 is 0 Å². The fourth-order valence-electron chi connectivity index (χ4n) is 4.16. The largest absolute Gasteiger partial charge is 0.326 e. The van der Waals surface area contributed by atoms with Crippen molar-refractivity contribution in [3.8, 4) is 0 Å². The molecule has 0 saturated carbocycles. The molecule has 34 heavy (non-hydrogen) atoms. The summed E-state index contributed by atoms with van der Waals surface area (Å²) in [5.74, 6) is -1.00. The van der Waals surface area contributed by atoms with Gasteiger partial charge in [0.25, 0.3) is 5.91 Å². The van der Waals surface area contributed by atoms with Crippen LogP contribution in [0, 0.1) is 33.6 Å². The summed E-state index contributed by atoms with van der Waals surface area (Å²) in [4.78, 5) is 39.9. The summed E-state index contributed by atoms with van der Waals surface area (Å²) in [7, 11) is 0. The van der Waals surface area contributed by atoms with Crippen molar-refractivity contribution in [2.75, 3.05) is 22.1 Å². The molecule has 174 valence electrons. The minimum Gasteiger partial charge on any atom is -0.326 e. The molecule has 3 amide bonds. The molecule has 3 aromatic rings. The lowest BCUT2D eigenvalue weighted by Crippen LogP contribution is -2.28. The average molecular weight is 456 g/mol. The zero-order valence-corrected chi connectivity index (χ0v) is 19.9. The van der Waals surface area contributed by atoms with Gasteiger partial charge in [0, 0.05) is 35.6 Å². The number of nitrogens with zero attached hydrogens (tertiary/aromatic N) is 1. The lowest BCUT2D eigenvalue weighted by atomic mass is 10.1. The Morgan fingerprint density at radius 3 is 2.38 bits per heavy atom. The molecule has 0 unspecified atom stereocenters. The van der Waals surface area contributed by atoms with Crippen molar-refractivity contribution < 1.29 is 14.4 Å². The van der Waals surface area contributed by atoms with Crippen LogP contribution in [0.5, 0.6) is 0 Å². The van der Waals surface area contributed by atoms with E-state index in [4.69, 9.17) is 0 Å². The standard InChI is InChI=1S/C28H29N3O3/c1-17-8-11-25(20(4)12-17)30-27(33)21-6-5-7-23(14-21)29-28(34)22-15-26(32)31(16-22)24-10-9-18(2)19(3)13-24/h5-14,22H,15-16H2,1-4H3,(H,29,34)(H,30,33)/t22-/m0/s1. The van der Waals surface area contributed by atoms with E-state index in [2.05, 4.69) is 10.6 Å². The van der Waals surface area contributed by atoms with E-state index < -0.39 is 5.92 Å². The Morgan fingerprint density at radius 2 is 1.65 bits per heavy atom. The van der Waals surface area contributed by atoms with E-state index in [9.17, 15) is 14.4 Å². The molecule has 1 heterocycles. The summed E-state index contributed by atoms with van der Waals surface area (Å²) in [5.41, 5.74) is 6.90. The Bertz CT molecular complexity index is 1280. The van der Waals surface area contributed by atoms with Crippen molar-refractivity contribution in [2.45, 2.75) is 34.1 Å². The summed E-state index contributed by atoms with van der Waals surface area (Å²) in [6, 6.07) is 18.5. The van der Waals surface area contributed by atoms with Crippen molar-refractivity contribution in [2.24, 2.45) is 5.92 Å². The maximum atomic E-state index is 12.9. The van der Waals surface area contributed by atoms with Gasteiger partial charge in [-0.15, -0.1) is 0 Å². The van der Waals surface area contributed by atoms with Crippen LogP contribution in [0.3, 0.4) is 0 Å². The Balaban J connectivity index is 1.42. The van der Waals surface area contributed by atoms with E-state index >= 15 is 0 Å². The maximum absolute atomic E-state index is 12.9. The number of hydrogen-bond donors (Lipinski definition) is 2. The topological polar surface area (TPSA) is 78.5 Å². The molecule has 6 nitrogen and oxygen atoms in total. The van der Waals surface area contributed by atoms with Gasteiger partial charge in [-0.2, -0.15) is 0 Å². The molecule has 1 atom stereocenters. The van der Waals surface area contributed by atoms with Crippen LogP contribution in [-0.2, 0) is 9.59 Å². The third-order valence-corrected chi connectivity index (χ3v) is 6.32. The molecule has 0 aliphatic carbocycles. The molecule has 3 aromatic carbocycles. The molecule has 4 rings (SSSR count). The van der Waals surface area contributed by atoms with Crippen LogP contribution >= 0.6 is 0 Å². The quantitative estimate of drug-likeness (QED) is 0.558. The summed E-state index contributed by atoms with van der Waals surface area (Å²) >= 11 is 0. The van der Waals surface area contributed by atoms with Crippen molar-refractivity contribution >= 4 is 34.8 Å². The van der Waals surface area contributed by atoms with Gasteiger partial charge in [0.1, 0.15) is 0 Å². The average Bonchev–Trinajstić information content (AvgIpc) is 3.19. The van der Waals surface area contributed by atoms with E-state index in [1.807, 2.05) is 64.1 Å². The number of hydrogen-bond acceptors (Lipinski definition) is 3. The number of rotatable bonds is 5. The molecule has 0 spiro atoms. The first-order valence-corrected chi connectivity index (χ1v) is 11.4. The highest BCUT2D eigenvalue weighted by Gasteiger charge is 2.35. The molecule has 0 radical (unpaired) electrons. The fourth-order valence-corrected chi connectivity index (χ4v) is 4.16. The highest BCUT2D eigenvalue weighted by Crippen LogP contribution is 2.28. The summed E-state index contributed by atoms with van der Waals surface area (Å²) < 4.78 is 0. The van der Waals surface area contributed by atoms with Crippen LogP contribution in [0.1, 0.15) is 39.0 Å². The highest BCUT2D eigenvalue weighted by molar-refractivity contribution is 6.06. The smallest absolute Gasteiger partial charge is 0.255 e. The zero-order valence-electron chi connectivity index (χ0n) is 19.9. The molecular formula is C28H29N3O3. The first-order chi connectivity index (χ1) is 16.2. The third kappa shape index (κ3) is 5.01. The van der Waals surface area contributed by atoms with E-state index in [1.165, 1.54) is 0 Å². The van der Waals surface area contributed by atoms with Gasteiger partial charge in [-0.05, 0) is 80.8 Å². The monoisotopic (exact) mass is 455 g/mol. The molecule has 1 fully saturated rings. The fraction of sp³-hybridized carbons (Fsp3) is 0.250. The Morgan fingerprint density at radius 1 is 0.853 bits per heavy atom. The summed E-state index contributed by atoms with van der Waals surface area (Å²) in [6.45, 7) is 8.32. The Labute approximate surface area is 200 Å². The van der Waals surface area contributed by atoms with Gasteiger partial charge < -0.3 is 15.5 Å². The van der Waals surface area contributed by atoms with Crippen LogP contribution in [0.2, 0.25) is 0 Å². The van der Waals surface area contributed by atoms with E-state index in [-0.39, 0.29) is 24.1 Å². The minimum absolute atomic E-state index is 0.0648. The predicted molar refractivity (Wildman–Crippen MR) is 135 cm³/mol. The molecule has 6 heteroatoms. The second-order valence-corrected chi connectivity index (χ2v) is 9.02. The lowest BCUT2D eigenvalue weighted by Gasteiger charge is -2.18. The lowest BCUT2D eigenvalue weighted by molar-refractivity contribution is -0.122. The van der Waals surface area contributed by atoms with Crippen molar-refractivity contribution in [1.82, 2.24) is 0 Å². The van der Waals surface area contributed by atoms with Crippen LogP contribution in [0.15, 0.2) is 60.7 Å². The maximum Gasteiger partial charge on any atom is 0.255 e. The Hall–Kier alpha value is -3.93. The zero-order chi connectivity index (χ0) is 24.4. The van der Waals surface area contributed by atoms with E-state index in [0.29, 0.717) is 17.8 Å². The molecule has 1 aliphatic heterocycles. The number of aryl methyl sites for hydroxylation is 4. The SMILES string of the molecule is Cc1ccc(NC(=O)c2cccc(NC(=O)[C@H]3CC(=O)N(c4ccc(C)c(C)c4)C3)c2)c(C)c1. The van der Waals surface area contributed by atoms with Crippen molar-refractivity contribution in [3.05, 3.63) is 88.5 Å². The first kappa shape index (κ1) is 23.2. The van der Waals surface area contributed by atoms with Crippen LogP contribution in [0.25, 0.3) is 0 Å². The second kappa shape index (κ2) is 9.51. The van der Waals surface area contributed by atoms with Crippen LogP contribution in [-0.4, -0.2) is 24.3 Å². The van der Waals surface area contributed by atoms with Gasteiger partial charge in [0.2, 0.25) is 11.8 Å². The Kier molecular flexibility index (Phi) is 6.50. The third-order valence-electron chi connectivity index (χ3n) is 6.32. The predicted octanol–water partition coefficient (Wildman–Crippen LogP) is 5.16. The van der Waals surface area contributed by atoms with Gasteiger partial charge in [0.15, 0.2) is 0 Å². The minimum atomic E-state index is -0.457. The second-order valence-electron chi connectivity index (χ2n) is 9.02. The van der Waals surface area contributed by atoms with Gasteiger partial charge in [-0.3, -0.25) is 14.4 Å². The van der Waals surface area contributed by atoms with Crippen LogP contribution < -0.4 is 15.5 Å². The van der Waals surface area contributed by atoms with Crippen molar-refractivity contribution in [1.29, 1.82) is 0 Å². The number of carbonyl (C=O) groups is 3. The van der Waals surface area contributed by atoms with Gasteiger partial charge in [-0.25, -0.2) is 0 Å². The van der Waals surface area contributed by atoms with Gasteiger partial charge in [0.05, 0.1) is 5.92 Å². The first-order valence-electron chi connectivity index (χ1n) is 11.4. The number of amides is 3. The van der Waals surface area contributed by atoms with Crippen molar-refractivity contribution in [3.63, 3.8) is 0 Å². The number of anilines is 3. The molecule has 2 N–H and O–H groups in total. The summed E-state index contributed by atoms with van der Waals surface area (Å²) in [5, 5.41) is 5.80. The number of nitrogens with one attached hydrogen (secondary N) is 2. The van der Waals surface area contributed by atoms with Gasteiger partial charge in [-0.1, -0.05) is 29.8 Å². The summed E-state index contributed by atoms with van der Waals surface area (Å²) in [6.07, 6.45) is 0.158. The normalized spacial score (nSPS) is 15.4. The molecule has 1 saturated heterocycles. The number of carbonyl (C=O) groups excluding carboxylic acids is 3. The highest BCUT2D eigenvalue weighted by atomic mass is 16.2. The molecule has 0 bridgehead atoms.